The number of methoxy groups -OCH3 is 1. The predicted octanol–water partition coefficient (Wildman–Crippen LogP) is 0.494. The van der Waals surface area contributed by atoms with Crippen LogP contribution in [0.1, 0.15) is 12.8 Å². The van der Waals surface area contributed by atoms with E-state index in [4.69, 9.17) is 9.88 Å². The Balaban J connectivity index is 2.29. The Labute approximate surface area is 118 Å². The summed E-state index contributed by atoms with van der Waals surface area (Å²) in [5.74, 6) is 0.310. The van der Waals surface area contributed by atoms with Gasteiger partial charge >= 0.3 is 0 Å². The minimum atomic E-state index is -3.99. The zero-order chi connectivity index (χ0) is 15.0. The van der Waals surface area contributed by atoms with Crippen LogP contribution in [-0.4, -0.2) is 29.7 Å². The Morgan fingerprint density at radius 1 is 1.30 bits per heavy atom. The second kappa shape index (κ2) is 5.23. The van der Waals surface area contributed by atoms with Gasteiger partial charge in [0, 0.05) is 0 Å². The van der Waals surface area contributed by atoms with Gasteiger partial charge in [-0.2, -0.15) is 0 Å². The number of sulfonamides is 2. The van der Waals surface area contributed by atoms with Gasteiger partial charge < -0.3 is 4.74 Å². The molecule has 1 fully saturated rings. The van der Waals surface area contributed by atoms with Gasteiger partial charge in [0.05, 0.1) is 18.6 Å². The Hall–Kier alpha value is -1.32. The van der Waals surface area contributed by atoms with E-state index in [9.17, 15) is 16.8 Å². The number of anilines is 1. The fourth-order valence-electron chi connectivity index (χ4n) is 1.78. The summed E-state index contributed by atoms with van der Waals surface area (Å²) < 4.78 is 53.8. The van der Waals surface area contributed by atoms with Crippen LogP contribution in [0.2, 0.25) is 0 Å². The number of hydrogen-bond donors (Lipinski definition) is 2. The van der Waals surface area contributed by atoms with E-state index in [2.05, 4.69) is 4.72 Å². The van der Waals surface area contributed by atoms with Crippen LogP contribution in [0.4, 0.5) is 5.69 Å². The van der Waals surface area contributed by atoms with Crippen molar-refractivity contribution in [1.29, 1.82) is 0 Å². The van der Waals surface area contributed by atoms with Crippen molar-refractivity contribution in [2.75, 3.05) is 17.6 Å². The van der Waals surface area contributed by atoms with Crippen LogP contribution in [0.15, 0.2) is 23.1 Å². The molecule has 0 heterocycles. The Morgan fingerprint density at radius 3 is 2.45 bits per heavy atom. The first-order valence-corrected chi connectivity index (χ1v) is 9.12. The summed E-state index contributed by atoms with van der Waals surface area (Å²) in [6.07, 6.45) is 1.82. The van der Waals surface area contributed by atoms with Crippen molar-refractivity contribution in [3.63, 3.8) is 0 Å². The zero-order valence-electron chi connectivity index (χ0n) is 10.9. The second-order valence-electron chi connectivity index (χ2n) is 4.74. The number of rotatable bonds is 6. The number of ether oxygens (including phenoxy) is 1. The fourth-order valence-corrected chi connectivity index (χ4v) is 4.02. The molecule has 1 aromatic carbocycles. The smallest absolute Gasteiger partial charge is 0.241 e. The van der Waals surface area contributed by atoms with E-state index >= 15 is 0 Å². The standard InChI is InChI=1S/C11H16N2O5S2/c1-18-10-5-4-9(6-11(10)20(12,16)17)13-19(14,15)7-8-2-3-8/h4-6,8,13H,2-3,7H2,1H3,(H2,12,16,17). The molecule has 0 atom stereocenters. The van der Waals surface area contributed by atoms with Crippen LogP contribution < -0.4 is 14.6 Å². The Kier molecular flexibility index (Phi) is 3.94. The number of hydrogen-bond acceptors (Lipinski definition) is 5. The lowest BCUT2D eigenvalue weighted by Crippen LogP contribution is -2.19. The fraction of sp³-hybridized carbons (Fsp3) is 0.455. The van der Waals surface area contributed by atoms with Gasteiger partial charge in [-0.05, 0) is 37.0 Å². The molecule has 1 aliphatic carbocycles. The summed E-state index contributed by atoms with van der Waals surface area (Å²) in [5, 5.41) is 5.07. The van der Waals surface area contributed by atoms with Gasteiger partial charge in [0.15, 0.2) is 0 Å². The molecule has 112 valence electrons. The summed E-state index contributed by atoms with van der Waals surface area (Å²) in [4.78, 5) is -0.258. The van der Waals surface area contributed by atoms with Gasteiger partial charge in [0.2, 0.25) is 20.0 Å². The third-order valence-electron chi connectivity index (χ3n) is 2.90. The van der Waals surface area contributed by atoms with Crippen molar-refractivity contribution in [3.8, 4) is 5.75 Å². The highest BCUT2D eigenvalue weighted by molar-refractivity contribution is 7.92. The van der Waals surface area contributed by atoms with Crippen LogP contribution in [0.3, 0.4) is 0 Å². The molecule has 0 amide bonds. The molecule has 7 nitrogen and oxygen atoms in total. The molecule has 0 radical (unpaired) electrons. The van der Waals surface area contributed by atoms with Crippen molar-refractivity contribution in [3.05, 3.63) is 18.2 Å². The molecule has 0 spiro atoms. The first-order valence-electron chi connectivity index (χ1n) is 5.92. The van der Waals surface area contributed by atoms with E-state index in [1.165, 1.54) is 19.2 Å². The number of nitrogens with two attached hydrogens (primary N) is 1. The van der Waals surface area contributed by atoms with Crippen LogP contribution in [0.25, 0.3) is 0 Å². The molecule has 0 unspecified atom stereocenters. The van der Waals surface area contributed by atoms with Crippen molar-refractivity contribution in [2.45, 2.75) is 17.7 Å². The molecule has 0 bridgehead atoms. The summed E-state index contributed by atoms with van der Waals surface area (Å²) in [7, 11) is -6.17. The van der Waals surface area contributed by atoms with Crippen LogP contribution in [0, 0.1) is 5.92 Å². The Morgan fingerprint density at radius 2 is 1.95 bits per heavy atom. The van der Waals surface area contributed by atoms with Crippen molar-refractivity contribution in [2.24, 2.45) is 11.1 Å². The summed E-state index contributed by atoms with van der Waals surface area (Å²) in [5.41, 5.74) is 0.149. The third kappa shape index (κ3) is 3.84. The molecule has 0 aromatic heterocycles. The van der Waals surface area contributed by atoms with E-state index in [1.807, 2.05) is 0 Å². The molecule has 0 aliphatic heterocycles. The lowest BCUT2D eigenvalue weighted by atomic mass is 10.3. The minimum Gasteiger partial charge on any atom is -0.495 e. The van der Waals surface area contributed by atoms with Gasteiger partial charge in [-0.3, -0.25) is 4.72 Å². The quantitative estimate of drug-likeness (QED) is 0.791. The topological polar surface area (TPSA) is 116 Å². The predicted molar refractivity (Wildman–Crippen MR) is 74.5 cm³/mol. The summed E-state index contributed by atoms with van der Waals surface area (Å²) in [6.45, 7) is 0. The molecule has 9 heteroatoms. The minimum absolute atomic E-state index is 0.0454. The lowest BCUT2D eigenvalue weighted by Gasteiger charge is -2.11. The van der Waals surface area contributed by atoms with Crippen molar-refractivity contribution >= 4 is 25.7 Å². The van der Waals surface area contributed by atoms with Gasteiger partial charge in [-0.1, -0.05) is 0 Å². The molecule has 1 aromatic rings. The van der Waals surface area contributed by atoms with Gasteiger partial charge in [0.25, 0.3) is 0 Å². The van der Waals surface area contributed by atoms with E-state index in [-0.39, 0.29) is 28.0 Å². The van der Waals surface area contributed by atoms with Gasteiger partial charge in [0.1, 0.15) is 10.6 Å². The van der Waals surface area contributed by atoms with Crippen LogP contribution >= 0.6 is 0 Å². The lowest BCUT2D eigenvalue weighted by molar-refractivity contribution is 0.403. The number of primary sulfonamides is 1. The molecular formula is C11H16N2O5S2. The summed E-state index contributed by atoms with van der Waals surface area (Å²) >= 11 is 0. The van der Waals surface area contributed by atoms with Gasteiger partial charge in [-0.25, -0.2) is 22.0 Å². The maximum Gasteiger partial charge on any atom is 0.241 e. The Bertz CT molecular complexity index is 708. The van der Waals surface area contributed by atoms with E-state index in [1.54, 1.807) is 0 Å². The third-order valence-corrected chi connectivity index (χ3v) is 5.28. The molecule has 20 heavy (non-hydrogen) atoms. The van der Waals surface area contributed by atoms with E-state index in [0.29, 0.717) is 0 Å². The van der Waals surface area contributed by atoms with Crippen molar-refractivity contribution < 1.29 is 21.6 Å². The van der Waals surface area contributed by atoms with Crippen LogP contribution in [-0.2, 0) is 20.0 Å². The first-order chi connectivity index (χ1) is 9.21. The highest BCUT2D eigenvalue weighted by Crippen LogP contribution is 2.31. The zero-order valence-corrected chi connectivity index (χ0v) is 12.5. The van der Waals surface area contributed by atoms with Gasteiger partial charge in [-0.15, -0.1) is 0 Å². The molecule has 3 N–H and O–H groups in total. The van der Waals surface area contributed by atoms with Crippen molar-refractivity contribution in [1.82, 2.24) is 0 Å². The largest absolute Gasteiger partial charge is 0.495 e. The van der Waals surface area contributed by atoms with E-state index < -0.39 is 20.0 Å². The average molecular weight is 320 g/mol. The molecule has 1 aliphatic rings. The first kappa shape index (κ1) is 15.1. The summed E-state index contributed by atoms with van der Waals surface area (Å²) in [6, 6.07) is 3.94. The van der Waals surface area contributed by atoms with E-state index in [0.717, 1.165) is 18.9 Å². The molecular weight excluding hydrogens is 304 g/mol. The molecule has 0 saturated heterocycles. The normalized spacial score (nSPS) is 15.9. The number of nitrogens with one attached hydrogen (secondary N) is 1. The highest BCUT2D eigenvalue weighted by atomic mass is 32.2. The number of benzene rings is 1. The highest BCUT2D eigenvalue weighted by Gasteiger charge is 2.28. The molecule has 1 saturated carbocycles. The SMILES string of the molecule is COc1ccc(NS(=O)(=O)CC2CC2)cc1S(N)(=O)=O. The average Bonchev–Trinajstić information content (AvgIpc) is 3.10. The second-order valence-corrected chi connectivity index (χ2v) is 8.03. The maximum absolute atomic E-state index is 11.8. The maximum atomic E-state index is 11.8. The molecule has 2 rings (SSSR count). The van der Waals surface area contributed by atoms with Crippen LogP contribution in [0.5, 0.6) is 5.75 Å². The monoisotopic (exact) mass is 320 g/mol.